The molecule has 0 amide bonds. The minimum absolute atomic E-state index is 0.0962. The van der Waals surface area contributed by atoms with E-state index >= 15 is 0 Å². The first-order valence-electron chi connectivity index (χ1n) is 6.51. The molecule has 3 nitrogen and oxygen atoms in total. The van der Waals surface area contributed by atoms with E-state index in [4.69, 9.17) is 5.10 Å². The number of nitrogens with one attached hydrogen (secondary N) is 1. The topological polar surface area (TPSA) is 29.9 Å². The summed E-state index contributed by atoms with van der Waals surface area (Å²) in [6, 6.07) is 0.624. The van der Waals surface area contributed by atoms with Gasteiger partial charge in [-0.2, -0.15) is 5.10 Å². The smallest absolute Gasteiger partial charge is 0.139 e. The van der Waals surface area contributed by atoms with Crippen molar-refractivity contribution in [2.75, 3.05) is 11.9 Å². The first kappa shape index (κ1) is 11.6. The first-order valence-corrected chi connectivity index (χ1v) is 7.30. The van der Waals surface area contributed by atoms with E-state index in [0.29, 0.717) is 6.04 Å². The van der Waals surface area contributed by atoms with Crippen molar-refractivity contribution in [2.24, 2.45) is 5.92 Å². The Bertz CT molecular complexity index is 440. The lowest BCUT2D eigenvalue weighted by Gasteiger charge is -2.25. The predicted molar refractivity (Wildman–Crippen MR) is 73.5 cm³/mol. The lowest BCUT2D eigenvalue weighted by molar-refractivity contribution is 0.368. The van der Waals surface area contributed by atoms with E-state index in [9.17, 15) is 0 Å². The molecule has 0 bridgehead atoms. The van der Waals surface area contributed by atoms with Gasteiger partial charge in [0.25, 0.3) is 0 Å². The highest BCUT2D eigenvalue weighted by atomic mass is 79.9. The quantitative estimate of drug-likeness (QED) is 0.856. The van der Waals surface area contributed by atoms with Crippen LogP contribution in [0.5, 0.6) is 0 Å². The maximum atomic E-state index is 4.87. The van der Waals surface area contributed by atoms with Gasteiger partial charge in [-0.15, -0.1) is 0 Å². The number of halogens is 1. The van der Waals surface area contributed by atoms with Gasteiger partial charge in [-0.05, 0) is 41.1 Å². The third-order valence-electron chi connectivity index (χ3n) is 3.78. The van der Waals surface area contributed by atoms with Gasteiger partial charge in [-0.25, -0.2) is 4.68 Å². The molecule has 94 valence electrons. The van der Waals surface area contributed by atoms with E-state index in [1.807, 2.05) is 0 Å². The van der Waals surface area contributed by atoms with E-state index in [1.165, 1.54) is 30.8 Å². The Morgan fingerprint density at radius 1 is 1.29 bits per heavy atom. The van der Waals surface area contributed by atoms with E-state index in [2.05, 4.69) is 46.7 Å². The van der Waals surface area contributed by atoms with Crippen molar-refractivity contribution in [2.45, 2.75) is 51.5 Å². The Balaban J connectivity index is 2.06. The number of hydrogen-bond donors (Lipinski definition) is 1. The standard InChI is InChI=1S/C13H20BrN3/c1-13(2,3)11-10(14)12-15-7-6-9(8-4-5-8)17(12)16-11/h8-9,15H,4-7H2,1-3H3. The third-order valence-corrected chi connectivity index (χ3v) is 4.53. The third kappa shape index (κ3) is 1.90. The molecular weight excluding hydrogens is 278 g/mol. The zero-order valence-electron chi connectivity index (χ0n) is 10.8. The van der Waals surface area contributed by atoms with Crippen LogP contribution in [0.1, 0.15) is 51.8 Å². The summed E-state index contributed by atoms with van der Waals surface area (Å²) in [6.45, 7) is 7.74. The van der Waals surface area contributed by atoms with Crippen molar-refractivity contribution < 1.29 is 0 Å². The SMILES string of the molecule is CC(C)(C)c1nn2c(c1Br)NCCC2C1CC1. The minimum Gasteiger partial charge on any atom is -0.369 e. The molecule has 1 saturated carbocycles. The highest BCUT2D eigenvalue weighted by Gasteiger charge is 2.38. The largest absolute Gasteiger partial charge is 0.369 e. The fraction of sp³-hybridized carbons (Fsp3) is 0.769. The Morgan fingerprint density at radius 2 is 2.00 bits per heavy atom. The summed E-state index contributed by atoms with van der Waals surface area (Å²) < 4.78 is 3.40. The molecule has 1 aliphatic carbocycles. The van der Waals surface area contributed by atoms with Crippen LogP contribution in [0.4, 0.5) is 5.82 Å². The van der Waals surface area contributed by atoms with Crippen LogP contribution in [-0.2, 0) is 5.41 Å². The summed E-state index contributed by atoms with van der Waals surface area (Å²) >= 11 is 3.72. The van der Waals surface area contributed by atoms with Crippen molar-refractivity contribution >= 4 is 21.7 Å². The molecule has 2 heterocycles. The van der Waals surface area contributed by atoms with Gasteiger partial charge in [0.05, 0.1) is 16.2 Å². The van der Waals surface area contributed by atoms with E-state index in [1.54, 1.807) is 0 Å². The van der Waals surface area contributed by atoms with Crippen LogP contribution >= 0.6 is 15.9 Å². The van der Waals surface area contributed by atoms with Crippen molar-refractivity contribution in [3.05, 3.63) is 10.2 Å². The molecule has 0 saturated heterocycles. The van der Waals surface area contributed by atoms with Gasteiger partial charge in [0.15, 0.2) is 0 Å². The van der Waals surface area contributed by atoms with Gasteiger partial charge in [0.2, 0.25) is 0 Å². The summed E-state index contributed by atoms with van der Waals surface area (Å²) in [7, 11) is 0. The highest BCUT2D eigenvalue weighted by Crippen LogP contribution is 2.46. The summed E-state index contributed by atoms with van der Waals surface area (Å²) in [5.41, 5.74) is 1.27. The Labute approximate surface area is 111 Å². The first-order chi connectivity index (χ1) is 7.98. The number of aromatic nitrogens is 2. The molecular formula is C13H20BrN3. The van der Waals surface area contributed by atoms with E-state index in [0.717, 1.165) is 16.9 Å². The predicted octanol–water partition coefficient (Wildman–Crippen LogP) is 3.71. The van der Waals surface area contributed by atoms with Crippen LogP contribution in [0.15, 0.2) is 4.47 Å². The number of nitrogens with zero attached hydrogens (tertiary/aromatic N) is 2. The number of rotatable bonds is 1. The van der Waals surface area contributed by atoms with Crippen LogP contribution in [0, 0.1) is 5.92 Å². The minimum atomic E-state index is 0.0962. The molecule has 0 spiro atoms. The molecule has 1 aliphatic heterocycles. The summed E-state index contributed by atoms with van der Waals surface area (Å²) in [6.07, 6.45) is 3.98. The Morgan fingerprint density at radius 3 is 2.59 bits per heavy atom. The molecule has 1 N–H and O–H groups in total. The lowest BCUT2D eigenvalue weighted by Crippen LogP contribution is -2.25. The zero-order valence-corrected chi connectivity index (χ0v) is 12.3. The van der Waals surface area contributed by atoms with Crippen LogP contribution in [0.2, 0.25) is 0 Å². The molecule has 1 fully saturated rings. The van der Waals surface area contributed by atoms with Crippen molar-refractivity contribution in [3.63, 3.8) is 0 Å². The van der Waals surface area contributed by atoms with Gasteiger partial charge in [-0.3, -0.25) is 0 Å². The molecule has 1 unspecified atom stereocenters. The monoisotopic (exact) mass is 297 g/mol. The zero-order chi connectivity index (χ0) is 12.2. The molecule has 4 heteroatoms. The molecule has 3 rings (SSSR count). The van der Waals surface area contributed by atoms with Crippen LogP contribution in [0.3, 0.4) is 0 Å². The summed E-state index contributed by atoms with van der Waals surface area (Å²) in [5, 5.41) is 8.36. The van der Waals surface area contributed by atoms with Gasteiger partial charge < -0.3 is 5.32 Å². The van der Waals surface area contributed by atoms with Crippen LogP contribution in [-0.4, -0.2) is 16.3 Å². The van der Waals surface area contributed by atoms with Crippen molar-refractivity contribution in [3.8, 4) is 0 Å². The number of fused-ring (bicyclic) bond motifs is 1. The number of anilines is 1. The average molecular weight is 298 g/mol. The normalized spacial score (nSPS) is 24.4. The Kier molecular flexibility index (Phi) is 2.55. The van der Waals surface area contributed by atoms with Gasteiger partial charge >= 0.3 is 0 Å². The molecule has 0 radical (unpaired) electrons. The fourth-order valence-corrected chi connectivity index (χ4v) is 3.67. The van der Waals surface area contributed by atoms with Gasteiger partial charge in [-0.1, -0.05) is 20.8 Å². The van der Waals surface area contributed by atoms with E-state index in [-0.39, 0.29) is 5.41 Å². The van der Waals surface area contributed by atoms with E-state index < -0.39 is 0 Å². The maximum absolute atomic E-state index is 4.87. The Hall–Kier alpha value is -0.510. The molecule has 0 aromatic carbocycles. The van der Waals surface area contributed by atoms with Crippen LogP contribution < -0.4 is 5.32 Å². The van der Waals surface area contributed by atoms with Gasteiger partial charge in [0.1, 0.15) is 5.82 Å². The average Bonchev–Trinajstić information content (AvgIpc) is 3.02. The maximum Gasteiger partial charge on any atom is 0.139 e. The summed E-state index contributed by atoms with van der Waals surface area (Å²) in [4.78, 5) is 0. The molecule has 2 aliphatic rings. The molecule has 1 atom stereocenters. The summed E-state index contributed by atoms with van der Waals surface area (Å²) in [5.74, 6) is 2.06. The second kappa shape index (κ2) is 3.74. The second-order valence-electron chi connectivity index (χ2n) is 6.33. The lowest BCUT2D eigenvalue weighted by atomic mass is 9.92. The molecule has 1 aromatic rings. The highest BCUT2D eigenvalue weighted by molar-refractivity contribution is 9.10. The molecule has 1 aromatic heterocycles. The second-order valence-corrected chi connectivity index (χ2v) is 7.12. The molecule has 17 heavy (non-hydrogen) atoms. The van der Waals surface area contributed by atoms with Crippen LogP contribution in [0.25, 0.3) is 0 Å². The van der Waals surface area contributed by atoms with Crippen molar-refractivity contribution in [1.29, 1.82) is 0 Å². The van der Waals surface area contributed by atoms with Crippen molar-refractivity contribution in [1.82, 2.24) is 9.78 Å². The number of hydrogen-bond acceptors (Lipinski definition) is 2. The van der Waals surface area contributed by atoms with Gasteiger partial charge in [0, 0.05) is 12.0 Å². The fourth-order valence-electron chi connectivity index (χ4n) is 2.67.